The van der Waals surface area contributed by atoms with E-state index in [2.05, 4.69) is 5.32 Å². The van der Waals surface area contributed by atoms with Crippen molar-refractivity contribution in [3.05, 3.63) is 58.6 Å². The van der Waals surface area contributed by atoms with E-state index < -0.39 is 5.60 Å². The van der Waals surface area contributed by atoms with Crippen LogP contribution < -0.4 is 19.5 Å². The van der Waals surface area contributed by atoms with Gasteiger partial charge < -0.3 is 24.3 Å². The van der Waals surface area contributed by atoms with Gasteiger partial charge in [0.05, 0.1) is 27.9 Å². The van der Waals surface area contributed by atoms with E-state index in [0.29, 0.717) is 22.3 Å². The summed E-state index contributed by atoms with van der Waals surface area (Å²) in [4.78, 5) is 12.3. The van der Waals surface area contributed by atoms with E-state index >= 15 is 0 Å². The summed E-state index contributed by atoms with van der Waals surface area (Å²) in [5.41, 5.74) is 0.904. The Hall–Kier alpha value is -2.70. The molecule has 1 unspecified atom stereocenters. The Kier molecular flexibility index (Phi) is 7.93. The largest absolute Gasteiger partial charge is 0.493 e. The zero-order valence-corrected chi connectivity index (χ0v) is 18.0. The first-order valence-electron chi connectivity index (χ1n) is 8.94. The second-order valence-corrected chi connectivity index (χ2v) is 6.89. The molecule has 0 bridgehead atoms. The van der Waals surface area contributed by atoms with Crippen LogP contribution in [-0.2, 0) is 15.1 Å². The molecule has 156 valence electrons. The van der Waals surface area contributed by atoms with Crippen molar-refractivity contribution in [3.8, 4) is 17.2 Å². The Bertz CT molecular complexity index is 858. The molecule has 0 aliphatic rings. The van der Waals surface area contributed by atoms with Crippen molar-refractivity contribution in [1.82, 2.24) is 5.32 Å². The van der Waals surface area contributed by atoms with Crippen LogP contribution >= 0.6 is 11.6 Å². The van der Waals surface area contributed by atoms with E-state index in [-0.39, 0.29) is 12.5 Å². The molecule has 2 rings (SSSR count). The highest BCUT2D eigenvalue weighted by atomic mass is 35.5. The van der Waals surface area contributed by atoms with Gasteiger partial charge in [0.25, 0.3) is 0 Å². The number of hydrogen-bond donors (Lipinski definition) is 1. The van der Waals surface area contributed by atoms with Crippen molar-refractivity contribution in [3.63, 3.8) is 0 Å². The Morgan fingerprint density at radius 2 is 1.72 bits per heavy atom. The van der Waals surface area contributed by atoms with E-state index in [1.54, 1.807) is 45.6 Å². The van der Waals surface area contributed by atoms with Crippen molar-refractivity contribution in [2.75, 3.05) is 35.0 Å². The van der Waals surface area contributed by atoms with Crippen LogP contribution in [0.25, 0.3) is 6.08 Å². The molecule has 0 spiro atoms. The maximum atomic E-state index is 12.3. The predicted octanol–water partition coefficient (Wildman–Crippen LogP) is 4.06. The number of carbonyl (C=O) groups excluding carboxylic acids is 1. The molecule has 0 saturated carbocycles. The molecule has 0 saturated heterocycles. The predicted molar refractivity (Wildman–Crippen MR) is 114 cm³/mol. The van der Waals surface area contributed by atoms with Gasteiger partial charge in [-0.1, -0.05) is 23.7 Å². The van der Waals surface area contributed by atoms with Crippen LogP contribution in [0.2, 0.25) is 5.02 Å². The minimum atomic E-state index is -0.707. The number of hydrogen-bond acceptors (Lipinski definition) is 5. The topological polar surface area (TPSA) is 66.0 Å². The summed E-state index contributed by atoms with van der Waals surface area (Å²) in [7, 11) is 6.21. The fourth-order valence-electron chi connectivity index (χ4n) is 2.79. The van der Waals surface area contributed by atoms with Crippen LogP contribution in [0.1, 0.15) is 18.1 Å². The minimum Gasteiger partial charge on any atom is -0.493 e. The number of benzene rings is 2. The van der Waals surface area contributed by atoms with E-state index in [4.69, 9.17) is 30.5 Å². The lowest BCUT2D eigenvalue weighted by molar-refractivity contribution is -0.118. The van der Waals surface area contributed by atoms with Gasteiger partial charge in [-0.15, -0.1) is 0 Å². The second kappa shape index (κ2) is 10.2. The maximum absolute atomic E-state index is 12.3. The van der Waals surface area contributed by atoms with Crippen LogP contribution in [-0.4, -0.2) is 40.9 Å². The van der Waals surface area contributed by atoms with Gasteiger partial charge in [0.15, 0.2) is 11.5 Å². The van der Waals surface area contributed by atoms with Crippen LogP contribution in [0.5, 0.6) is 17.2 Å². The van der Waals surface area contributed by atoms with Gasteiger partial charge in [-0.2, -0.15) is 0 Å². The molecule has 6 nitrogen and oxygen atoms in total. The molecule has 1 N–H and O–H groups in total. The van der Waals surface area contributed by atoms with Gasteiger partial charge in [-0.25, -0.2) is 0 Å². The fraction of sp³-hybridized carbons (Fsp3) is 0.318. The maximum Gasteiger partial charge on any atom is 0.244 e. The van der Waals surface area contributed by atoms with Crippen molar-refractivity contribution in [2.24, 2.45) is 0 Å². The summed E-state index contributed by atoms with van der Waals surface area (Å²) in [6, 6.07) is 10.9. The first-order chi connectivity index (χ1) is 13.9. The van der Waals surface area contributed by atoms with Crippen LogP contribution in [0.15, 0.2) is 42.5 Å². The third-order valence-electron chi connectivity index (χ3n) is 4.60. The van der Waals surface area contributed by atoms with E-state index in [1.165, 1.54) is 13.2 Å². The molecule has 7 heteroatoms. The third-order valence-corrected chi connectivity index (χ3v) is 4.84. The summed E-state index contributed by atoms with van der Waals surface area (Å²) in [5, 5.41) is 3.47. The van der Waals surface area contributed by atoms with Crippen molar-refractivity contribution >= 4 is 23.6 Å². The molecule has 0 heterocycles. The van der Waals surface area contributed by atoms with Gasteiger partial charge >= 0.3 is 0 Å². The van der Waals surface area contributed by atoms with Gasteiger partial charge in [0.2, 0.25) is 11.7 Å². The van der Waals surface area contributed by atoms with E-state index in [0.717, 1.165) is 11.1 Å². The van der Waals surface area contributed by atoms with Crippen molar-refractivity contribution in [1.29, 1.82) is 0 Å². The quantitative estimate of drug-likeness (QED) is 0.621. The average molecular weight is 420 g/mol. The summed E-state index contributed by atoms with van der Waals surface area (Å²) in [6.07, 6.45) is 3.11. The molecule has 29 heavy (non-hydrogen) atoms. The smallest absolute Gasteiger partial charge is 0.244 e. The first kappa shape index (κ1) is 22.6. The number of amides is 1. The van der Waals surface area contributed by atoms with Crippen molar-refractivity contribution in [2.45, 2.75) is 12.5 Å². The van der Waals surface area contributed by atoms with Gasteiger partial charge in [-0.05, 0) is 48.4 Å². The zero-order valence-electron chi connectivity index (χ0n) is 17.2. The molecule has 0 fully saturated rings. The highest BCUT2D eigenvalue weighted by Gasteiger charge is 2.26. The second-order valence-electron chi connectivity index (χ2n) is 6.46. The van der Waals surface area contributed by atoms with Crippen LogP contribution in [0.4, 0.5) is 0 Å². The molecule has 1 atom stereocenters. The number of carbonyl (C=O) groups is 1. The number of ether oxygens (including phenoxy) is 4. The molecule has 0 radical (unpaired) electrons. The standard InChI is InChI=1S/C22H26ClNO5/c1-22(29-5,16-7-6-8-17(23)13-16)14-24-20(25)10-9-15-11-18(26-2)21(28-4)19(12-15)27-3/h6-13H,14H2,1-5H3,(H,24,25). The van der Waals surface area contributed by atoms with Crippen LogP contribution in [0.3, 0.4) is 0 Å². The van der Waals surface area contributed by atoms with E-state index in [1.807, 2.05) is 25.1 Å². The Labute approximate surface area is 176 Å². The first-order valence-corrected chi connectivity index (χ1v) is 9.31. The summed E-state index contributed by atoms with van der Waals surface area (Å²) in [6.45, 7) is 2.17. The van der Waals surface area contributed by atoms with E-state index in [9.17, 15) is 4.79 Å². The number of rotatable bonds is 9. The molecule has 0 aromatic heterocycles. The monoisotopic (exact) mass is 419 g/mol. The number of methoxy groups -OCH3 is 4. The Morgan fingerprint density at radius 1 is 1.07 bits per heavy atom. The summed E-state index contributed by atoms with van der Waals surface area (Å²) < 4.78 is 21.6. The third kappa shape index (κ3) is 5.65. The average Bonchev–Trinajstić information content (AvgIpc) is 2.75. The molecule has 0 aliphatic heterocycles. The van der Waals surface area contributed by atoms with Crippen LogP contribution in [0, 0.1) is 0 Å². The molecule has 2 aromatic rings. The minimum absolute atomic E-state index is 0.260. The highest BCUT2D eigenvalue weighted by Crippen LogP contribution is 2.38. The summed E-state index contributed by atoms with van der Waals surface area (Å²) >= 11 is 6.08. The molecular formula is C22H26ClNO5. The van der Waals surface area contributed by atoms with Crippen molar-refractivity contribution < 1.29 is 23.7 Å². The molecule has 0 aliphatic carbocycles. The normalized spacial score (nSPS) is 13.0. The van der Waals surface area contributed by atoms with Gasteiger partial charge in [0, 0.05) is 18.2 Å². The molecule has 1 amide bonds. The lowest BCUT2D eigenvalue weighted by Crippen LogP contribution is -2.39. The van der Waals surface area contributed by atoms with Gasteiger partial charge in [-0.3, -0.25) is 4.79 Å². The lowest BCUT2D eigenvalue weighted by atomic mass is 9.95. The SMILES string of the molecule is COc1cc(C=CC(=O)NCC(C)(OC)c2cccc(Cl)c2)cc(OC)c1OC. The molecular weight excluding hydrogens is 394 g/mol. The zero-order chi connectivity index (χ0) is 21.4. The Morgan fingerprint density at radius 3 is 2.24 bits per heavy atom. The fourth-order valence-corrected chi connectivity index (χ4v) is 2.98. The Balaban J connectivity index is 2.11. The molecule has 2 aromatic carbocycles. The number of halogens is 1. The highest BCUT2D eigenvalue weighted by molar-refractivity contribution is 6.30. The van der Waals surface area contributed by atoms with Gasteiger partial charge in [0.1, 0.15) is 5.60 Å². The number of nitrogens with one attached hydrogen (secondary N) is 1. The summed E-state index contributed by atoms with van der Waals surface area (Å²) in [5.74, 6) is 1.26. The lowest BCUT2D eigenvalue weighted by Gasteiger charge is -2.29.